The van der Waals surface area contributed by atoms with Crippen LogP contribution in [0.3, 0.4) is 0 Å². The molecule has 0 aromatic heterocycles. The Morgan fingerprint density at radius 1 is 0.393 bits per heavy atom. The molecule has 0 N–H and O–H groups in total. The molecule has 5 rings (SSSR count). The maximum atomic E-state index is 11.7. The third kappa shape index (κ3) is 2.35. The van der Waals surface area contributed by atoms with Crippen molar-refractivity contribution < 1.29 is 28.7 Å². The van der Waals surface area contributed by atoms with Crippen LogP contribution in [0.4, 0.5) is 0 Å². The molecular weight excluding hydrogens is 360 g/mol. The molecule has 0 saturated heterocycles. The number of esters is 4. The minimum atomic E-state index is -0.641. The lowest BCUT2D eigenvalue weighted by atomic mass is 9.96. The minimum absolute atomic E-state index is 0.258. The van der Waals surface area contributed by atoms with Crippen LogP contribution < -0.4 is 0 Å². The Bertz CT molecular complexity index is 1120. The van der Waals surface area contributed by atoms with E-state index in [2.05, 4.69) is 9.47 Å². The first-order valence-electron chi connectivity index (χ1n) is 8.43. The molecule has 2 heterocycles. The van der Waals surface area contributed by atoms with Crippen molar-refractivity contribution in [3.63, 3.8) is 0 Å². The monoisotopic (exact) mass is 370 g/mol. The molecule has 2 aliphatic rings. The van der Waals surface area contributed by atoms with Gasteiger partial charge in [0.05, 0.1) is 22.3 Å². The van der Waals surface area contributed by atoms with Gasteiger partial charge in [0.15, 0.2) is 0 Å². The molecule has 3 aromatic rings. The second-order valence-electron chi connectivity index (χ2n) is 6.45. The summed E-state index contributed by atoms with van der Waals surface area (Å²) < 4.78 is 9.23. The summed E-state index contributed by atoms with van der Waals surface area (Å²) in [6, 6.07) is 17.4. The topological polar surface area (TPSA) is 86.7 Å². The molecule has 2 aliphatic heterocycles. The van der Waals surface area contributed by atoms with Gasteiger partial charge < -0.3 is 9.47 Å². The number of cyclic esters (lactones) is 4. The third-order valence-electron chi connectivity index (χ3n) is 4.84. The molecule has 0 aliphatic carbocycles. The summed E-state index contributed by atoms with van der Waals surface area (Å²) in [4.78, 5) is 46.6. The molecule has 0 amide bonds. The van der Waals surface area contributed by atoms with Crippen molar-refractivity contribution in [2.45, 2.75) is 0 Å². The largest absolute Gasteiger partial charge is 0.386 e. The fourth-order valence-corrected chi connectivity index (χ4v) is 3.38. The van der Waals surface area contributed by atoms with Crippen LogP contribution in [0.15, 0.2) is 60.7 Å². The maximum Gasteiger partial charge on any atom is 0.346 e. The van der Waals surface area contributed by atoms with Crippen molar-refractivity contribution in [2.24, 2.45) is 0 Å². The molecule has 6 nitrogen and oxygen atoms in total. The van der Waals surface area contributed by atoms with Gasteiger partial charge in [0.1, 0.15) is 0 Å². The first-order chi connectivity index (χ1) is 13.5. The highest BCUT2D eigenvalue weighted by molar-refractivity contribution is 6.16. The van der Waals surface area contributed by atoms with E-state index in [9.17, 15) is 19.2 Å². The SMILES string of the molecule is O=C1OC(=O)c2cc(-c3ccc(-c4ccc5c(c4)C(=O)OC5=O)cc3)ccc21. The standard InChI is InChI=1S/C22H10O6/c23-19-15-7-5-13(9-17(15)21(25)27-19)11-1-2-12(4-3-11)14-6-8-16-18(10-14)22(26)28-20(16)24/h1-10H. The van der Waals surface area contributed by atoms with Gasteiger partial charge in [0.2, 0.25) is 0 Å². The quantitative estimate of drug-likeness (QED) is 0.506. The van der Waals surface area contributed by atoms with Crippen molar-refractivity contribution in [3.8, 4) is 22.3 Å². The number of carbonyl (C=O) groups is 4. The first-order valence-corrected chi connectivity index (χ1v) is 8.43. The fraction of sp³-hybridized carbons (Fsp3) is 0. The summed E-state index contributed by atoms with van der Waals surface area (Å²) in [5.74, 6) is -2.54. The third-order valence-corrected chi connectivity index (χ3v) is 4.84. The number of rotatable bonds is 2. The Morgan fingerprint density at radius 2 is 0.714 bits per heavy atom. The van der Waals surface area contributed by atoms with E-state index in [0.29, 0.717) is 0 Å². The first kappa shape index (κ1) is 16.1. The van der Waals surface area contributed by atoms with Crippen LogP contribution in [-0.2, 0) is 9.47 Å². The van der Waals surface area contributed by atoms with Crippen molar-refractivity contribution in [3.05, 3.63) is 82.9 Å². The lowest BCUT2D eigenvalue weighted by molar-refractivity contribution is 0.0425. The van der Waals surface area contributed by atoms with Crippen LogP contribution in [0.1, 0.15) is 41.4 Å². The average molecular weight is 370 g/mol. The highest BCUT2D eigenvalue weighted by Gasteiger charge is 2.30. The Labute approximate surface area is 158 Å². The maximum absolute atomic E-state index is 11.7. The van der Waals surface area contributed by atoms with Crippen molar-refractivity contribution in [2.75, 3.05) is 0 Å². The molecule has 6 heteroatoms. The zero-order valence-electron chi connectivity index (χ0n) is 14.2. The van der Waals surface area contributed by atoms with Gasteiger partial charge in [-0.25, -0.2) is 19.2 Å². The predicted octanol–water partition coefficient (Wildman–Crippen LogP) is 3.64. The summed E-state index contributed by atoms with van der Waals surface area (Å²) in [5, 5.41) is 0. The molecule has 134 valence electrons. The Hall–Kier alpha value is -4.06. The second-order valence-corrected chi connectivity index (χ2v) is 6.45. The van der Waals surface area contributed by atoms with Gasteiger partial charge in [0.25, 0.3) is 0 Å². The molecule has 3 aromatic carbocycles. The van der Waals surface area contributed by atoms with Gasteiger partial charge in [-0.05, 0) is 46.5 Å². The van der Waals surface area contributed by atoms with E-state index in [4.69, 9.17) is 0 Å². The number of fused-ring (bicyclic) bond motifs is 2. The summed E-state index contributed by atoms with van der Waals surface area (Å²) in [6.45, 7) is 0. The van der Waals surface area contributed by atoms with Gasteiger partial charge >= 0.3 is 23.9 Å². The van der Waals surface area contributed by atoms with Crippen LogP contribution in [0, 0.1) is 0 Å². The smallest absolute Gasteiger partial charge is 0.346 e. The summed E-state index contributed by atoms with van der Waals surface area (Å²) in [5.41, 5.74) is 4.32. The van der Waals surface area contributed by atoms with E-state index in [1.807, 2.05) is 24.3 Å². The van der Waals surface area contributed by atoms with E-state index in [1.54, 1.807) is 36.4 Å². The number of hydrogen-bond acceptors (Lipinski definition) is 6. The molecule has 0 fully saturated rings. The lowest BCUT2D eigenvalue weighted by Crippen LogP contribution is -1.96. The number of hydrogen-bond donors (Lipinski definition) is 0. The molecule has 0 saturated carbocycles. The van der Waals surface area contributed by atoms with Crippen LogP contribution >= 0.6 is 0 Å². The normalized spacial score (nSPS) is 14.6. The number of ether oxygens (including phenoxy) is 2. The molecule has 0 atom stereocenters. The van der Waals surface area contributed by atoms with Crippen LogP contribution in [-0.4, -0.2) is 23.9 Å². The van der Waals surface area contributed by atoms with E-state index in [-0.39, 0.29) is 22.3 Å². The van der Waals surface area contributed by atoms with Gasteiger partial charge in [-0.3, -0.25) is 0 Å². The molecule has 0 spiro atoms. The zero-order valence-corrected chi connectivity index (χ0v) is 14.2. The van der Waals surface area contributed by atoms with Crippen molar-refractivity contribution in [1.82, 2.24) is 0 Å². The lowest BCUT2D eigenvalue weighted by Gasteiger charge is -2.06. The summed E-state index contributed by atoms with van der Waals surface area (Å²) in [7, 11) is 0. The van der Waals surface area contributed by atoms with E-state index in [1.165, 1.54) is 0 Å². The van der Waals surface area contributed by atoms with Gasteiger partial charge in [-0.2, -0.15) is 0 Å². The Balaban J connectivity index is 1.49. The Morgan fingerprint density at radius 3 is 1.11 bits per heavy atom. The van der Waals surface area contributed by atoms with Crippen LogP contribution in [0.25, 0.3) is 22.3 Å². The molecular formula is C22H10O6. The zero-order chi connectivity index (χ0) is 19.4. The highest BCUT2D eigenvalue weighted by atomic mass is 16.6. The van der Waals surface area contributed by atoms with Gasteiger partial charge in [-0.15, -0.1) is 0 Å². The Kier molecular flexibility index (Phi) is 3.30. The van der Waals surface area contributed by atoms with Gasteiger partial charge in [-0.1, -0.05) is 36.4 Å². The van der Waals surface area contributed by atoms with Crippen LogP contribution in [0.5, 0.6) is 0 Å². The molecule has 0 bridgehead atoms. The average Bonchev–Trinajstić information content (AvgIpc) is 3.16. The van der Waals surface area contributed by atoms with Crippen molar-refractivity contribution in [1.29, 1.82) is 0 Å². The van der Waals surface area contributed by atoms with Gasteiger partial charge in [0, 0.05) is 0 Å². The summed E-state index contributed by atoms with van der Waals surface area (Å²) in [6.07, 6.45) is 0. The van der Waals surface area contributed by atoms with E-state index >= 15 is 0 Å². The van der Waals surface area contributed by atoms with E-state index in [0.717, 1.165) is 22.3 Å². The molecule has 0 unspecified atom stereocenters. The highest BCUT2D eigenvalue weighted by Crippen LogP contribution is 2.31. The molecule has 0 radical (unpaired) electrons. The predicted molar refractivity (Wildman–Crippen MR) is 96.8 cm³/mol. The second kappa shape index (κ2) is 5.72. The van der Waals surface area contributed by atoms with Crippen molar-refractivity contribution >= 4 is 23.9 Å². The minimum Gasteiger partial charge on any atom is -0.386 e. The van der Waals surface area contributed by atoms with E-state index < -0.39 is 23.9 Å². The number of benzene rings is 3. The molecule has 28 heavy (non-hydrogen) atoms. The number of carbonyl (C=O) groups excluding carboxylic acids is 4. The summed E-state index contributed by atoms with van der Waals surface area (Å²) >= 11 is 0. The van der Waals surface area contributed by atoms with Crippen LogP contribution in [0.2, 0.25) is 0 Å². The fourth-order valence-electron chi connectivity index (χ4n) is 3.38.